The molecule has 0 amide bonds. The standard InChI is InChI=1S/C56H91NO2/c1-2-9-36(10-3-1)37-21-27-43(28-22-37)57(44-29-23-38(24-30-44)42-20-19-41-18-17-39-11-4-5-12-46(39)51(41)35-42)45-31-25-40(26-32-45)47-14-8-15-48-49-33-34-53-54(56(49)59-55(47)48)50-13-6-7-16-52(50)58-53/h36-56H,1-35H2. The van der Waals surface area contributed by atoms with Gasteiger partial charge in [-0.15, -0.1) is 0 Å². The Labute approximate surface area is 363 Å². The van der Waals surface area contributed by atoms with E-state index in [0.717, 1.165) is 101 Å². The van der Waals surface area contributed by atoms with E-state index in [1.54, 1.807) is 109 Å². The van der Waals surface area contributed by atoms with E-state index in [0.29, 0.717) is 24.4 Å². The Morgan fingerprint density at radius 1 is 0.254 bits per heavy atom. The summed E-state index contributed by atoms with van der Waals surface area (Å²) in [5.41, 5.74) is 0. The first kappa shape index (κ1) is 40.4. The summed E-state index contributed by atoms with van der Waals surface area (Å²) >= 11 is 0. The van der Waals surface area contributed by atoms with Crippen molar-refractivity contribution in [3.63, 3.8) is 0 Å². The van der Waals surface area contributed by atoms with Crippen LogP contribution in [0.25, 0.3) is 0 Å². The highest BCUT2D eigenvalue weighted by Gasteiger charge is 2.60. The maximum absolute atomic E-state index is 7.55. The second-order valence-corrected chi connectivity index (χ2v) is 25.1. The molecule has 332 valence electrons. The molecule has 2 saturated heterocycles. The zero-order chi connectivity index (χ0) is 38.9. The van der Waals surface area contributed by atoms with Gasteiger partial charge in [0.2, 0.25) is 0 Å². The van der Waals surface area contributed by atoms with Crippen molar-refractivity contribution in [1.29, 1.82) is 0 Å². The van der Waals surface area contributed by atoms with Crippen LogP contribution in [0.3, 0.4) is 0 Å². The van der Waals surface area contributed by atoms with E-state index in [4.69, 9.17) is 9.47 Å². The molecule has 12 fully saturated rings. The lowest BCUT2D eigenvalue weighted by Gasteiger charge is -2.53. The van der Waals surface area contributed by atoms with Crippen LogP contribution in [-0.2, 0) is 9.47 Å². The summed E-state index contributed by atoms with van der Waals surface area (Å²) in [6.07, 6.45) is 55.3. The smallest absolute Gasteiger partial charge is 0.0667 e. The molecule has 0 aromatic rings. The largest absolute Gasteiger partial charge is 0.374 e. The molecule has 2 heterocycles. The van der Waals surface area contributed by atoms with Gasteiger partial charge in [0.1, 0.15) is 0 Å². The highest BCUT2D eigenvalue weighted by Crippen LogP contribution is 2.59. The first-order valence-electron chi connectivity index (χ1n) is 28.3. The van der Waals surface area contributed by atoms with Crippen LogP contribution < -0.4 is 0 Å². The summed E-state index contributed by atoms with van der Waals surface area (Å²) in [4.78, 5) is 3.36. The van der Waals surface area contributed by atoms with E-state index in [1.807, 2.05) is 0 Å². The molecular formula is C56H91NO2. The minimum Gasteiger partial charge on any atom is -0.374 e. The minimum atomic E-state index is 0.522. The molecule has 10 saturated carbocycles. The maximum Gasteiger partial charge on any atom is 0.0667 e. The van der Waals surface area contributed by atoms with Gasteiger partial charge in [0.15, 0.2) is 0 Å². The molecule has 2 aliphatic heterocycles. The fourth-order valence-corrected chi connectivity index (χ4v) is 20.3. The molecule has 14 atom stereocenters. The fourth-order valence-electron chi connectivity index (χ4n) is 20.3. The van der Waals surface area contributed by atoms with Crippen molar-refractivity contribution in [2.24, 2.45) is 82.9 Å². The Hall–Kier alpha value is -0.120. The number of rotatable bonds is 6. The van der Waals surface area contributed by atoms with Gasteiger partial charge in [-0.2, -0.15) is 0 Å². The monoisotopic (exact) mass is 810 g/mol. The van der Waals surface area contributed by atoms with Crippen LogP contribution in [0.15, 0.2) is 0 Å². The van der Waals surface area contributed by atoms with Crippen LogP contribution in [0.5, 0.6) is 0 Å². The molecule has 3 nitrogen and oxygen atoms in total. The fraction of sp³-hybridized carbons (Fsp3) is 1.00. The average Bonchev–Trinajstić information content (AvgIpc) is 3.89. The number of fused-ring (bicyclic) bond motifs is 10. The molecule has 59 heavy (non-hydrogen) atoms. The van der Waals surface area contributed by atoms with Gasteiger partial charge in [0.25, 0.3) is 0 Å². The highest BCUT2D eigenvalue weighted by molar-refractivity contribution is 5.08. The average molecular weight is 810 g/mol. The number of nitrogens with zero attached hydrogens (tertiary/aromatic N) is 1. The third kappa shape index (κ3) is 7.73. The molecule has 0 N–H and O–H groups in total. The quantitative estimate of drug-likeness (QED) is 0.267. The van der Waals surface area contributed by atoms with Gasteiger partial charge in [-0.3, -0.25) is 4.90 Å². The lowest BCUT2D eigenvalue weighted by Crippen LogP contribution is -2.53. The van der Waals surface area contributed by atoms with Crippen LogP contribution in [0.2, 0.25) is 0 Å². The van der Waals surface area contributed by atoms with Crippen LogP contribution in [0, 0.1) is 82.9 Å². The Morgan fingerprint density at radius 3 is 1.46 bits per heavy atom. The second-order valence-electron chi connectivity index (χ2n) is 25.1. The molecule has 0 spiro atoms. The first-order chi connectivity index (χ1) is 29.2. The van der Waals surface area contributed by atoms with Gasteiger partial charge in [-0.05, 0) is 231 Å². The summed E-state index contributed by atoms with van der Waals surface area (Å²) in [7, 11) is 0. The van der Waals surface area contributed by atoms with Crippen molar-refractivity contribution in [2.45, 2.75) is 267 Å². The third-order valence-corrected chi connectivity index (χ3v) is 23.0. The van der Waals surface area contributed by atoms with E-state index in [9.17, 15) is 0 Å². The zero-order valence-corrected chi connectivity index (χ0v) is 38.1. The van der Waals surface area contributed by atoms with Crippen molar-refractivity contribution < 1.29 is 9.47 Å². The van der Waals surface area contributed by atoms with Gasteiger partial charge in [0, 0.05) is 24.0 Å². The van der Waals surface area contributed by atoms with Crippen LogP contribution in [0.1, 0.15) is 225 Å². The first-order valence-corrected chi connectivity index (χ1v) is 28.3. The topological polar surface area (TPSA) is 21.7 Å². The van der Waals surface area contributed by atoms with Gasteiger partial charge >= 0.3 is 0 Å². The summed E-state index contributed by atoms with van der Waals surface area (Å²) in [6, 6.07) is 2.66. The molecular weight excluding hydrogens is 719 g/mol. The maximum atomic E-state index is 7.55. The van der Waals surface area contributed by atoms with E-state index >= 15 is 0 Å². The predicted molar refractivity (Wildman–Crippen MR) is 241 cm³/mol. The SMILES string of the molecule is C1CCC(C2CCC(N(C3CCC(C4CCC5CCC6CCCCC6C5C4)CC3)C3CCC(C4CCCC5C6CCC7OC8CCCCC8C7C6OC45)CC3)CC2)CC1. The Balaban J connectivity index is 0.707. The molecule has 14 unspecified atom stereocenters. The van der Waals surface area contributed by atoms with Crippen LogP contribution in [0.4, 0.5) is 0 Å². The molecule has 0 radical (unpaired) electrons. The molecule has 0 bridgehead atoms. The van der Waals surface area contributed by atoms with Gasteiger partial charge in [-0.25, -0.2) is 0 Å². The molecule has 12 rings (SSSR count). The molecule has 3 heteroatoms. The van der Waals surface area contributed by atoms with Crippen molar-refractivity contribution in [3.05, 3.63) is 0 Å². The third-order valence-electron chi connectivity index (χ3n) is 23.0. The van der Waals surface area contributed by atoms with Gasteiger partial charge in [-0.1, -0.05) is 70.6 Å². The summed E-state index contributed by atoms with van der Waals surface area (Å²) in [5, 5.41) is 0. The number of ether oxygens (including phenoxy) is 2. The number of hydrogen-bond donors (Lipinski definition) is 0. The van der Waals surface area contributed by atoms with E-state index in [2.05, 4.69) is 4.90 Å². The zero-order valence-electron chi connectivity index (χ0n) is 38.1. The van der Waals surface area contributed by atoms with E-state index < -0.39 is 0 Å². The molecule has 10 aliphatic carbocycles. The Bertz CT molecular complexity index is 1370. The second kappa shape index (κ2) is 17.7. The lowest BCUT2D eigenvalue weighted by molar-refractivity contribution is -0.0880. The van der Waals surface area contributed by atoms with Gasteiger partial charge in [0.05, 0.1) is 24.4 Å². The molecule has 0 aromatic heterocycles. The summed E-state index contributed by atoms with van der Waals surface area (Å²) < 4.78 is 14.4. The molecule has 0 aromatic carbocycles. The van der Waals surface area contributed by atoms with Gasteiger partial charge < -0.3 is 9.47 Å². The minimum absolute atomic E-state index is 0.522. The normalized spacial score (nSPS) is 53.0. The summed E-state index contributed by atoms with van der Waals surface area (Å²) in [5.74, 6) is 13.8. The lowest BCUT2D eigenvalue weighted by atomic mass is 9.55. The van der Waals surface area contributed by atoms with Crippen molar-refractivity contribution in [2.75, 3.05) is 0 Å². The molecule has 12 aliphatic rings. The Kier molecular flexibility index (Phi) is 12.1. The predicted octanol–water partition coefficient (Wildman–Crippen LogP) is 14.3. The summed E-state index contributed by atoms with van der Waals surface area (Å²) in [6.45, 7) is 0. The Morgan fingerprint density at radius 2 is 0.729 bits per heavy atom. The van der Waals surface area contributed by atoms with Crippen molar-refractivity contribution in [1.82, 2.24) is 4.90 Å². The van der Waals surface area contributed by atoms with Crippen LogP contribution in [-0.4, -0.2) is 47.4 Å². The highest BCUT2D eigenvalue weighted by atomic mass is 16.5. The van der Waals surface area contributed by atoms with Crippen molar-refractivity contribution in [3.8, 4) is 0 Å². The van der Waals surface area contributed by atoms with E-state index in [1.165, 1.54) is 116 Å². The van der Waals surface area contributed by atoms with E-state index in [-0.39, 0.29) is 0 Å². The van der Waals surface area contributed by atoms with Crippen LogP contribution >= 0.6 is 0 Å². The number of hydrogen-bond acceptors (Lipinski definition) is 3. The van der Waals surface area contributed by atoms with Crippen molar-refractivity contribution >= 4 is 0 Å².